The van der Waals surface area contributed by atoms with Crippen LogP contribution in [0.3, 0.4) is 0 Å². The summed E-state index contributed by atoms with van der Waals surface area (Å²) in [5, 5.41) is 3.23. The maximum Gasteiger partial charge on any atom is 0.435 e. The second-order valence-corrected chi connectivity index (χ2v) is 5.60. The van der Waals surface area contributed by atoms with E-state index >= 15 is 0 Å². The lowest BCUT2D eigenvalue weighted by Gasteiger charge is -2.06. The molecule has 22 heavy (non-hydrogen) atoms. The van der Waals surface area contributed by atoms with E-state index in [0.717, 1.165) is 21.8 Å². The van der Waals surface area contributed by atoms with Gasteiger partial charge in [0.2, 0.25) is 0 Å². The minimum Gasteiger partial charge on any atom is -0.271 e. The highest BCUT2D eigenvalue weighted by Crippen LogP contribution is 2.27. The van der Waals surface area contributed by atoms with Gasteiger partial charge in [0.15, 0.2) is 5.69 Å². The van der Waals surface area contributed by atoms with Crippen molar-refractivity contribution in [2.24, 2.45) is 0 Å². The van der Waals surface area contributed by atoms with E-state index in [4.69, 9.17) is 0 Å². The van der Waals surface area contributed by atoms with E-state index in [1.165, 1.54) is 11.3 Å². The molecular weight excluding hydrogens is 321 g/mol. The summed E-state index contributed by atoms with van der Waals surface area (Å²) in [6.45, 7) is 1.38. The Kier molecular flexibility index (Phi) is 4.50. The third-order valence-corrected chi connectivity index (χ3v) is 3.52. The fraction of sp³-hybridized carbons (Fsp3) is 0.250. The first kappa shape index (κ1) is 16.0. The average Bonchev–Trinajstić information content (AvgIpc) is 3.04. The Morgan fingerprint density at radius 2 is 2.00 bits per heavy atom. The molecule has 2 heterocycles. The van der Waals surface area contributed by atoms with Crippen LogP contribution in [0, 0.1) is 6.92 Å². The second-order valence-electron chi connectivity index (χ2n) is 4.31. The van der Waals surface area contributed by atoms with Crippen LogP contribution in [-0.2, 0) is 17.5 Å². The summed E-state index contributed by atoms with van der Waals surface area (Å²) in [5.74, 6) is -1.19. The van der Waals surface area contributed by atoms with Crippen molar-refractivity contribution < 1.29 is 22.8 Å². The highest BCUT2D eigenvalue weighted by Gasteiger charge is 2.33. The Morgan fingerprint density at radius 3 is 2.55 bits per heavy atom. The monoisotopic (exact) mass is 332 g/mol. The van der Waals surface area contributed by atoms with Crippen molar-refractivity contribution in [2.75, 3.05) is 0 Å². The number of hydrogen-bond acceptors (Lipinski definition) is 4. The zero-order valence-corrected chi connectivity index (χ0v) is 12.1. The molecule has 2 amide bonds. The van der Waals surface area contributed by atoms with E-state index in [1.54, 1.807) is 12.1 Å². The fourth-order valence-electron chi connectivity index (χ4n) is 1.53. The van der Waals surface area contributed by atoms with Crippen molar-refractivity contribution in [2.45, 2.75) is 19.6 Å². The first-order chi connectivity index (χ1) is 10.3. The Bertz CT molecular complexity index is 693. The van der Waals surface area contributed by atoms with Gasteiger partial charge >= 0.3 is 6.18 Å². The molecule has 0 aliphatic carbocycles. The standard InChI is InChI=1S/C12H11F3N4O2S/c1-7-2-3-8(22-7)11(21)17-16-10(20)6-19-5-4-9(18-19)12(13,14)15/h2-5H,6H2,1H3,(H,16,20)(H,17,21). The predicted octanol–water partition coefficient (Wildman–Crippen LogP) is 1.73. The fourth-order valence-corrected chi connectivity index (χ4v) is 2.30. The Labute approximate surface area is 126 Å². The molecule has 2 N–H and O–H groups in total. The summed E-state index contributed by atoms with van der Waals surface area (Å²) < 4.78 is 37.9. The van der Waals surface area contributed by atoms with Crippen molar-refractivity contribution in [1.29, 1.82) is 0 Å². The van der Waals surface area contributed by atoms with E-state index in [9.17, 15) is 22.8 Å². The van der Waals surface area contributed by atoms with E-state index in [-0.39, 0.29) is 0 Å². The van der Waals surface area contributed by atoms with Gasteiger partial charge in [-0.1, -0.05) is 0 Å². The van der Waals surface area contributed by atoms with Crippen molar-refractivity contribution in [1.82, 2.24) is 20.6 Å². The highest BCUT2D eigenvalue weighted by molar-refractivity contribution is 7.13. The molecule has 0 saturated heterocycles. The van der Waals surface area contributed by atoms with Crippen LogP contribution in [0.4, 0.5) is 13.2 Å². The van der Waals surface area contributed by atoms with Gasteiger partial charge in [0.05, 0.1) is 4.88 Å². The quantitative estimate of drug-likeness (QED) is 0.841. The number of alkyl halides is 3. The average molecular weight is 332 g/mol. The molecule has 6 nitrogen and oxygen atoms in total. The summed E-state index contributed by atoms with van der Waals surface area (Å²) in [4.78, 5) is 24.6. The molecule has 0 aromatic carbocycles. The molecule has 0 saturated carbocycles. The van der Waals surface area contributed by atoms with Gasteiger partial charge in [-0.15, -0.1) is 11.3 Å². The molecule has 2 aromatic heterocycles. The SMILES string of the molecule is Cc1ccc(C(=O)NNC(=O)Cn2ccc(C(F)(F)F)n2)s1. The lowest BCUT2D eigenvalue weighted by atomic mass is 10.4. The number of aryl methyl sites for hydroxylation is 1. The minimum absolute atomic E-state index is 0.413. The molecule has 0 spiro atoms. The van der Waals surface area contributed by atoms with Gasteiger partial charge in [-0.25, -0.2) is 0 Å². The van der Waals surface area contributed by atoms with Gasteiger partial charge in [0, 0.05) is 11.1 Å². The van der Waals surface area contributed by atoms with Crippen molar-refractivity contribution in [3.05, 3.63) is 39.8 Å². The summed E-state index contributed by atoms with van der Waals surface area (Å²) >= 11 is 1.25. The van der Waals surface area contributed by atoms with Crippen LogP contribution in [-0.4, -0.2) is 21.6 Å². The number of nitrogens with zero attached hydrogens (tertiary/aromatic N) is 2. The van der Waals surface area contributed by atoms with Crippen LogP contribution in [0.25, 0.3) is 0 Å². The number of carbonyl (C=O) groups excluding carboxylic acids is 2. The van der Waals surface area contributed by atoms with Crippen LogP contribution in [0.1, 0.15) is 20.2 Å². The van der Waals surface area contributed by atoms with Crippen LogP contribution < -0.4 is 10.9 Å². The third-order valence-electron chi connectivity index (χ3n) is 2.52. The number of thiophene rings is 1. The van der Waals surface area contributed by atoms with Gasteiger partial charge in [0.25, 0.3) is 11.8 Å². The molecule has 10 heteroatoms. The third kappa shape index (κ3) is 4.07. The van der Waals surface area contributed by atoms with Crippen molar-refractivity contribution >= 4 is 23.2 Å². The molecule has 2 rings (SSSR count). The van der Waals surface area contributed by atoms with E-state index in [0.29, 0.717) is 4.88 Å². The highest BCUT2D eigenvalue weighted by atomic mass is 32.1. The first-order valence-electron chi connectivity index (χ1n) is 6.02. The molecule has 0 unspecified atom stereocenters. The second kappa shape index (κ2) is 6.18. The molecule has 118 valence electrons. The van der Waals surface area contributed by atoms with Crippen molar-refractivity contribution in [3.8, 4) is 0 Å². The predicted molar refractivity (Wildman–Crippen MR) is 71.9 cm³/mol. The number of nitrogens with one attached hydrogen (secondary N) is 2. The number of hydrogen-bond donors (Lipinski definition) is 2. The van der Waals surface area contributed by atoms with Crippen LogP contribution >= 0.6 is 11.3 Å². The van der Waals surface area contributed by atoms with Crippen molar-refractivity contribution in [3.63, 3.8) is 0 Å². The topological polar surface area (TPSA) is 76.0 Å². The molecule has 0 fully saturated rings. The number of carbonyl (C=O) groups is 2. The molecular formula is C12H11F3N4O2S. The van der Waals surface area contributed by atoms with Crippen LogP contribution in [0.5, 0.6) is 0 Å². The van der Waals surface area contributed by atoms with E-state index in [2.05, 4.69) is 16.0 Å². The van der Waals surface area contributed by atoms with Crippen LogP contribution in [0.2, 0.25) is 0 Å². The normalized spacial score (nSPS) is 11.3. The minimum atomic E-state index is -4.56. The van der Waals surface area contributed by atoms with Gasteiger partial charge < -0.3 is 0 Å². The Hall–Kier alpha value is -2.36. The maximum atomic E-state index is 12.3. The summed E-state index contributed by atoms with van der Waals surface area (Å²) in [5.41, 5.74) is 3.21. The number of aromatic nitrogens is 2. The maximum absolute atomic E-state index is 12.3. The lowest BCUT2D eigenvalue weighted by molar-refractivity contribution is -0.141. The van der Waals surface area contributed by atoms with E-state index in [1.807, 2.05) is 6.92 Å². The van der Waals surface area contributed by atoms with E-state index < -0.39 is 30.2 Å². The number of hydrazine groups is 1. The van der Waals surface area contributed by atoms with Gasteiger partial charge in [0.1, 0.15) is 6.54 Å². The molecule has 0 aliphatic heterocycles. The zero-order valence-electron chi connectivity index (χ0n) is 11.3. The largest absolute Gasteiger partial charge is 0.435 e. The molecule has 0 atom stereocenters. The Balaban J connectivity index is 1.85. The van der Waals surface area contributed by atoms with Gasteiger partial charge in [-0.2, -0.15) is 18.3 Å². The van der Waals surface area contributed by atoms with Crippen LogP contribution in [0.15, 0.2) is 24.4 Å². The zero-order chi connectivity index (χ0) is 16.3. The van der Waals surface area contributed by atoms with Gasteiger partial charge in [-0.3, -0.25) is 25.1 Å². The number of amides is 2. The summed E-state index contributed by atoms with van der Waals surface area (Å²) in [7, 11) is 0. The summed E-state index contributed by atoms with van der Waals surface area (Å²) in [6.07, 6.45) is -3.53. The summed E-state index contributed by atoms with van der Waals surface area (Å²) in [6, 6.07) is 4.12. The van der Waals surface area contributed by atoms with Gasteiger partial charge in [-0.05, 0) is 25.1 Å². The molecule has 0 bridgehead atoms. The number of halogens is 3. The molecule has 0 aliphatic rings. The Morgan fingerprint density at radius 1 is 1.27 bits per heavy atom. The molecule has 0 radical (unpaired) electrons. The lowest BCUT2D eigenvalue weighted by Crippen LogP contribution is -2.43. The number of rotatable bonds is 3. The molecule has 2 aromatic rings. The first-order valence-corrected chi connectivity index (χ1v) is 6.83. The smallest absolute Gasteiger partial charge is 0.271 e.